The van der Waals surface area contributed by atoms with E-state index in [4.69, 9.17) is 9.47 Å². The number of aromatic amines is 1. The van der Waals surface area contributed by atoms with Gasteiger partial charge in [-0.1, -0.05) is 6.07 Å². The maximum atomic E-state index is 14.5. The van der Waals surface area contributed by atoms with Gasteiger partial charge in [-0.05, 0) is 25.1 Å². The average Bonchev–Trinajstić information content (AvgIpc) is 3.04. The molecule has 164 valence electrons. The van der Waals surface area contributed by atoms with E-state index in [-0.39, 0.29) is 17.0 Å². The van der Waals surface area contributed by atoms with Gasteiger partial charge in [0.15, 0.2) is 0 Å². The fourth-order valence-electron chi connectivity index (χ4n) is 4.32. The summed E-state index contributed by atoms with van der Waals surface area (Å²) < 4.78 is 40.3. The van der Waals surface area contributed by atoms with Crippen LogP contribution in [0.4, 0.5) is 26.0 Å². The second-order valence-corrected chi connectivity index (χ2v) is 8.26. The second kappa shape index (κ2) is 7.07. The molecule has 6 rings (SSSR count). The molecule has 0 bridgehead atoms. The fourth-order valence-corrected chi connectivity index (χ4v) is 4.32. The molecule has 32 heavy (non-hydrogen) atoms. The summed E-state index contributed by atoms with van der Waals surface area (Å²) in [6.07, 6.45) is 1.65. The van der Waals surface area contributed by atoms with Gasteiger partial charge in [0.1, 0.15) is 40.3 Å². The number of nitrogens with one attached hydrogen (secondary N) is 2. The number of hydrogen-bond donors (Lipinski definition) is 2. The number of rotatable bonds is 2. The lowest BCUT2D eigenvalue weighted by molar-refractivity contribution is -0.211. The van der Waals surface area contributed by atoms with Crippen molar-refractivity contribution >= 4 is 23.0 Å². The molecule has 10 heteroatoms. The minimum Gasteiger partial charge on any atom is -0.375 e. The quantitative estimate of drug-likeness (QED) is 0.639. The summed E-state index contributed by atoms with van der Waals surface area (Å²) in [6, 6.07) is 5.66. The zero-order valence-corrected chi connectivity index (χ0v) is 17.3. The fraction of sp³-hybridized carbons (Fsp3) is 0.318. The van der Waals surface area contributed by atoms with Crippen LogP contribution in [-0.2, 0) is 9.47 Å². The van der Waals surface area contributed by atoms with E-state index in [9.17, 15) is 8.78 Å². The first-order valence-corrected chi connectivity index (χ1v) is 10.4. The molecule has 3 aliphatic rings. The highest BCUT2D eigenvalue weighted by atomic mass is 19.1. The van der Waals surface area contributed by atoms with Crippen molar-refractivity contribution in [3.63, 3.8) is 0 Å². The second-order valence-electron chi connectivity index (χ2n) is 8.26. The van der Waals surface area contributed by atoms with Crippen molar-refractivity contribution in [3.8, 4) is 11.3 Å². The number of anilines is 2. The lowest BCUT2D eigenvalue weighted by Gasteiger charge is -2.48. The molecule has 2 N–H and O–H groups in total. The molecule has 0 amide bonds. The molecule has 1 aromatic carbocycles. The Balaban J connectivity index is 1.44. The third kappa shape index (κ3) is 2.98. The molecule has 0 saturated carbocycles. The van der Waals surface area contributed by atoms with E-state index >= 15 is 0 Å². The number of ether oxygens (including phenoxy) is 2. The third-order valence-electron chi connectivity index (χ3n) is 6.04. The van der Waals surface area contributed by atoms with Crippen LogP contribution in [0.25, 0.3) is 11.3 Å². The smallest absolute Gasteiger partial charge is 0.144 e. The van der Waals surface area contributed by atoms with Gasteiger partial charge in [0.2, 0.25) is 0 Å². The highest BCUT2D eigenvalue weighted by Gasteiger charge is 2.44. The number of hydrogen-bond acceptors (Lipinski definition) is 7. The molecule has 2 aromatic heterocycles. The van der Waals surface area contributed by atoms with Crippen LogP contribution in [-0.4, -0.2) is 59.5 Å². The Morgan fingerprint density at radius 1 is 1.19 bits per heavy atom. The number of benzene rings is 1. The summed E-state index contributed by atoms with van der Waals surface area (Å²) in [4.78, 5) is 11.3. The predicted octanol–water partition coefficient (Wildman–Crippen LogP) is 3.17. The van der Waals surface area contributed by atoms with Gasteiger partial charge in [-0.3, -0.25) is 5.10 Å². The summed E-state index contributed by atoms with van der Waals surface area (Å²) in [5, 5.41) is 10.4. The minimum absolute atomic E-state index is 0.0663. The van der Waals surface area contributed by atoms with Crippen LogP contribution in [0.5, 0.6) is 0 Å². The standard InChI is InChI=1S/C22H20F2N6O2/c1-12-19-20(29-28-12)13-7-17(30-5-6-32-22(9-30)10-31-11-22)25-8-16(13)26-21(27-19)18-14(23)3-2-4-15(18)24/h2-4,7-8H,5-6,9-11H2,1H3,(H,26,27)(H,28,29). The molecule has 1 spiro atoms. The van der Waals surface area contributed by atoms with Crippen molar-refractivity contribution in [2.75, 3.05) is 43.1 Å². The summed E-state index contributed by atoms with van der Waals surface area (Å²) >= 11 is 0. The molecular formula is C22H20F2N6O2. The molecule has 2 saturated heterocycles. The van der Waals surface area contributed by atoms with Crippen molar-refractivity contribution < 1.29 is 18.3 Å². The number of aryl methyl sites for hydroxylation is 1. The molecule has 8 nitrogen and oxygen atoms in total. The first-order chi connectivity index (χ1) is 15.5. The van der Waals surface area contributed by atoms with Gasteiger partial charge >= 0.3 is 0 Å². The van der Waals surface area contributed by atoms with Crippen LogP contribution in [0.3, 0.4) is 0 Å². The Morgan fingerprint density at radius 3 is 2.75 bits per heavy atom. The van der Waals surface area contributed by atoms with Gasteiger partial charge in [-0.2, -0.15) is 5.10 Å². The lowest BCUT2D eigenvalue weighted by Crippen LogP contribution is -2.63. The molecule has 2 fully saturated rings. The number of morpholine rings is 1. The van der Waals surface area contributed by atoms with Crippen LogP contribution < -0.4 is 10.2 Å². The van der Waals surface area contributed by atoms with Crippen LogP contribution in [0, 0.1) is 18.6 Å². The van der Waals surface area contributed by atoms with Crippen molar-refractivity contribution in [3.05, 3.63) is 53.4 Å². The predicted molar refractivity (Wildman–Crippen MR) is 114 cm³/mol. The van der Waals surface area contributed by atoms with Crippen LogP contribution in [0.2, 0.25) is 0 Å². The molecule has 3 aromatic rings. The largest absolute Gasteiger partial charge is 0.375 e. The van der Waals surface area contributed by atoms with Gasteiger partial charge in [0.05, 0.1) is 49.5 Å². The van der Waals surface area contributed by atoms with Gasteiger partial charge in [-0.25, -0.2) is 18.8 Å². The Bertz CT molecular complexity index is 1230. The molecule has 0 radical (unpaired) electrons. The highest BCUT2D eigenvalue weighted by molar-refractivity contribution is 6.13. The number of amidine groups is 1. The number of aliphatic imine (C=N–C) groups is 1. The van der Waals surface area contributed by atoms with Crippen molar-refractivity contribution in [1.82, 2.24) is 15.2 Å². The van der Waals surface area contributed by atoms with Crippen molar-refractivity contribution in [1.29, 1.82) is 0 Å². The van der Waals surface area contributed by atoms with Crippen LogP contribution >= 0.6 is 0 Å². The summed E-state index contributed by atoms with van der Waals surface area (Å²) in [7, 11) is 0. The van der Waals surface area contributed by atoms with E-state index in [2.05, 4.69) is 30.4 Å². The van der Waals surface area contributed by atoms with E-state index in [0.717, 1.165) is 11.4 Å². The summed E-state index contributed by atoms with van der Waals surface area (Å²) in [5.41, 5.74) is 2.62. The summed E-state index contributed by atoms with van der Waals surface area (Å²) in [5.74, 6) is -0.564. The van der Waals surface area contributed by atoms with Crippen LogP contribution in [0.15, 0.2) is 35.5 Å². The maximum absolute atomic E-state index is 14.5. The Morgan fingerprint density at radius 2 is 2.00 bits per heavy atom. The summed E-state index contributed by atoms with van der Waals surface area (Å²) in [6.45, 7) is 4.94. The first kappa shape index (κ1) is 19.3. The highest BCUT2D eigenvalue weighted by Crippen LogP contribution is 2.40. The monoisotopic (exact) mass is 438 g/mol. The van der Waals surface area contributed by atoms with Crippen molar-refractivity contribution in [2.45, 2.75) is 12.5 Å². The number of aromatic nitrogens is 3. The van der Waals surface area contributed by atoms with E-state index in [1.165, 1.54) is 18.2 Å². The number of halogens is 2. The van der Waals surface area contributed by atoms with Gasteiger partial charge < -0.3 is 19.7 Å². The number of pyridine rings is 1. The number of H-pyrrole nitrogens is 1. The topological polar surface area (TPSA) is 87.7 Å². The van der Waals surface area contributed by atoms with Gasteiger partial charge in [0, 0.05) is 12.1 Å². The zero-order valence-electron chi connectivity index (χ0n) is 17.3. The normalized spacial score (nSPS) is 18.8. The molecule has 5 heterocycles. The zero-order chi connectivity index (χ0) is 21.9. The van der Waals surface area contributed by atoms with Gasteiger partial charge in [0.25, 0.3) is 0 Å². The molecule has 0 atom stereocenters. The number of fused-ring (bicyclic) bond motifs is 3. The number of nitrogens with zero attached hydrogens (tertiary/aromatic N) is 4. The molecular weight excluding hydrogens is 418 g/mol. The van der Waals surface area contributed by atoms with E-state index in [1.807, 2.05) is 13.0 Å². The molecule has 0 unspecified atom stereocenters. The maximum Gasteiger partial charge on any atom is 0.144 e. The Labute approximate surface area is 182 Å². The van der Waals surface area contributed by atoms with Crippen molar-refractivity contribution in [2.24, 2.45) is 4.99 Å². The SMILES string of the molecule is Cc1[nH]nc2c1N=C(c1c(F)cccc1F)Nc1cnc(N3CCOC4(COC4)C3)cc1-2. The molecule has 0 aliphatic carbocycles. The first-order valence-electron chi connectivity index (χ1n) is 10.4. The van der Waals surface area contributed by atoms with Crippen LogP contribution in [0.1, 0.15) is 11.3 Å². The lowest BCUT2D eigenvalue weighted by atomic mass is 9.99. The average molecular weight is 438 g/mol. The Kier molecular flexibility index (Phi) is 4.27. The van der Waals surface area contributed by atoms with Gasteiger partial charge in [-0.15, -0.1) is 0 Å². The van der Waals surface area contributed by atoms with E-state index < -0.39 is 11.6 Å². The molecule has 3 aliphatic heterocycles. The minimum atomic E-state index is -0.701. The van der Waals surface area contributed by atoms with E-state index in [0.29, 0.717) is 55.7 Å². The third-order valence-corrected chi connectivity index (χ3v) is 6.04. The van der Waals surface area contributed by atoms with E-state index in [1.54, 1.807) is 6.20 Å². The Hall–Kier alpha value is -3.37.